The van der Waals surface area contributed by atoms with Crippen LogP contribution in [-0.4, -0.2) is 32.2 Å². The minimum absolute atomic E-state index is 0.00340. The summed E-state index contributed by atoms with van der Waals surface area (Å²) in [5, 5.41) is 4.66. The molecule has 11 heavy (non-hydrogen) atoms. The quantitative estimate of drug-likeness (QED) is 0.292. The first-order chi connectivity index (χ1) is 5.31. The lowest BCUT2D eigenvalue weighted by Crippen LogP contribution is -2.34. The molecular formula is C6H12N2O3. The van der Waals surface area contributed by atoms with Crippen LogP contribution in [0.3, 0.4) is 0 Å². The van der Waals surface area contributed by atoms with Gasteiger partial charge in [0.05, 0.1) is 6.54 Å². The standard InChI is InChI=1S/C6H12N2O3/c1-2-11-5-8-6(10)3-7-4-9/h4H,2-3,5H2,1H3,(H,7,9)(H,8,10). The van der Waals surface area contributed by atoms with Crippen molar-refractivity contribution in [3.05, 3.63) is 0 Å². The van der Waals surface area contributed by atoms with Gasteiger partial charge in [0, 0.05) is 6.61 Å². The Morgan fingerprint density at radius 1 is 1.64 bits per heavy atom. The predicted octanol–water partition coefficient (Wildman–Crippen LogP) is -1.16. The number of amides is 2. The fourth-order valence-corrected chi connectivity index (χ4v) is 0.430. The zero-order valence-corrected chi connectivity index (χ0v) is 6.42. The fourth-order valence-electron chi connectivity index (χ4n) is 0.430. The van der Waals surface area contributed by atoms with E-state index in [9.17, 15) is 9.59 Å². The number of ether oxygens (including phenoxy) is 1. The van der Waals surface area contributed by atoms with Crippen LogP contribution >= 0.6 is 0 Å². The zero-order chi connectivity index (χ0) is 8.53. The van der Waals surface area contributed by atoms with Gasteiger partial charge in [-0.1, -0.05) is 0 Å². The van der Waals surface area contributed by atoms with Gasteiger partial charge in [0.1, 0.15) is 6.73 Å². The van der Waals surface area contributed by atoms with E-state index in [0.717, 1.165) is 0 Å². The molecular weight excluding hydrogens is 148 g/mol. The molecule has 2 N–H and O–H groups in total. The molecule has 0 aromatic carbocycles. The van der Waals surface area contributed by atoms with Crippen LogP contribution in [0.1, 0.15) is 6.92 Å². The topological polar surface area (TPSA) is 67.4 Å². The van der Waals surface area contributed by atoms with E-state index in [-0.39, 0.29) is 19.2 Å². The summed E-state index contributed by atoms with van der Waals surface area (Å²) in [6.45, 7) is 2.57. The summed E-state index contributed by atoms with van der Waals surface area (Å²) >= 11 is 0. The van der Waals surface area contributed by atoms with Crippen molar-refractivity contribution in [2.75, 3.05) is 19.9 Å². The van der Waals surface area contributed by atoms with Gasteiger partial charge in [-0.3, -0.25) is 9.59 Å². The summed E-state index contributed by atoms with van der Waals surface area (Å²) in [5.74, 6) is -0.259. The number of nitrogens with one attached hydrogen (secondary N) is 2. The summed E-state index contributed by atoms with van der Waals surface area (Å²) in [5.41, 5.74) is 0. The van der Waals surface area contributed by atoms with Gasteiger partial charge in [0.2, 0.25) is 12.3 Å². The van der Waals surface area contributed by atoms with E-state index in [1.807, 2.05) is 6.92 Å². The van der Waals surface area contributed by atoms with Gasteiger partial charge in [-0.2, -0.15) is 0 Å². The van der Waals surface area contributed by atoms with Crippen molar-refractivity contribution in [3.8, 4) is 0 Å². The largest absolute Gasteiger partial charge is 0.362 e. The Bertz CT molecular complexity index is 127. The first kappa shape index (κ1) is 9.90. The van der Waals surface area contributed by atoms with Crippen LogP contribution in [0.4, 0.5) is 0 Å². The number of rotatable bonds is 6. The molecule has 2 amide bonds. The molecule has 0 aliphatic heterocycles. The Balaban J connectivity index is 3.15. The molecule has 64 valence electrons. The minimum atomic E-state index is -0.259. The van der Waals surface area contributed by atoms with E-state index in [1.54, 1.807) is 0 Å². The lowest BCUT2D eigenvalue weighted by molar-refractivity contribution is -0.123. The lowest BCUT2D eigenvalue weighted by Gasteiger charge is -2.03. The molecule has 0 unspecified atom stereocenters. The Labute approximate surface area is 65.1 Å². The van der Waals surface area contributed by atoms with Gasteiger partial charge in [-0.25, -0.2) is 0 Å². The van der Waals surface area contributed by atoms with Crippen LogP contribution in [0, 0.1) is 0 Å². The average molecular weight is 160 g/mol. The lowest BCUT2D eigenvalue weighted by atomic mass is 10.6. The second-order valence-electron chi connectivity index (χ2n) is 1.74. The van der Waals surface area contributed by atoms with Crippen LogP contribution in [0.2, 0.25) is 0 Å². The monoisotopic (exact) mass is 160 g/mol. The highest BCUT2D eigenvalue weighted by Gasteiger charge is 1.96. The van der Waals surface area contributed by atoms with Crippen LogP contribution < -0.4 is 10.6 Å². The minimum Gasteiger partial charge on any atom is -0.362 e. The number of hydrogen-bond acceptors (Lipinski definition) is 3. The molecule has 0 atom stereocenters. The number of hydrogen-bond donors (Lipinski definition) is 2. The van der Waals surface area contributed by atoms with Crippen LogP contribution in [-0.2, 0) is 14.3 Å². The highest BCUT2D eigenvalue weighted by atomic mass is 16.5. The molecule has 0 fully saturated rings. The fraction of sp³-hybridized carbons (Fsp3) is 0.667. The zero-order valence-electron chi connectivity index (χ0n) is 6.42. The second kappa shape index (κ2) is 7.01. The first-order valence-electron chi connectivity index (χ1n) is 3.32. The molecule has 0 radical (unpaired) electrons. The molecule has 0 saturated carbocycles. The maximum atomic E-state index is 10.7. The molecule has 0 rings (SSSR count). The molecule has 0 aliphatic carbocycles. The number of carbonyl (C=O) groups excluding carboxylic acids is 2. The first-order valence-corrected chi connectivity index (χ1v) is 3.32. The SMILES string of the molecule is CCOCNC(=O)CNC=O. The predicted molar refractivity (Wildman–Crippen MR) is 38.7 cm³/mol. The maximum Gasteiger partial charge on any atom is 0.241 e. The van der Waals surface area contributed by atoms with Crippen molar-refractivity contribution in [1.29, 1.82) is 0 Å². The highest BCUT2D eigenvalue weighted by molar-refractivity contribution is 5.79. The van der Waals surface area contributed by atoms with Gasteiger partial charge < -0.3 is 15.4 Å². The molecule has 0 spiro atoms. The van der Waals surface area contributed by atoms with Crippen molar-refractivity contribution < 1.29 is 14.3 Å². The normalized spacial score (nSPS) is 8.82. The Hall–Kier alpha value is -1.10. The van der Waals surface area contributed by atoms with Crippen LogP contribution in [0.25, 0.3) is 0 Å². The maximum absolute atomic E-state index is 10.7. The third-order valence-corrected chi connectivity index (χ3v) is 0.921. The summed E-state index contributed by atoms with van der Waals surface area (Å²) < 4.78 is 4.84. The van der Waals surface area contributed by atoms with E-state index in [0.29, 0.717) is 13.0 Å². The van der Waals surface area contributed by atoms with Gasteiger partial charge in [-0.15, -0.1) is 0 Å². The third-order valence-electron chi connectivity index (χ3n) is 0.921. The Morgan fingerprint density at radius 2 is 2.36 bits per heavy atom. The highest BCUT2D eigenvalue weighted by Crippen LogP contribution is 1.68. The van der Waals surface area contributed by atoms with Crippen LogP contribution in [0.5, 0.6) is 0 Å². The van der Waals surface area contributed by atoms with Crippen LogP contribution in [0.15, 0.2) is 0 Å². The smallest absolute Gasteiger partial charge is 0.241 e. The van der Waals surface area contributed by atoms with Crippen molar-refractivity contribution >= 4 is 12.3 Å². The van der Waals surface area contributed by atoms with E-state index >= 15 is 0 Å². The second-order valence-corrected chi connectivity index (χ2v) is 1.74. The summed E-state index contributed by atoms with van der Waals surface area (Å²) in [7, 11) is 0. The molecule has 0 aromatic rings. The van der Waals surface area contributed by atoms with E-state index < -0.39 is 0 Å². The molecule has 5 heteroatoms. The van der Waals surface area contributed by atoms with Gasteiger partial charge in [0.15, 0.2) is 0 Å². The summed E-state index contributed by atoms with van der Waals surface area (Å²) in [6.07, 6.45) is 0.472. The Kier molecular flexibility index (Phi) is 6.31. The number of carbonyl (C=O) groups is 2. The average Bonchev–Trinajstić information content (AvgIpc) is 2.01. The van der Waals surface area contributed by atoms with Crippen molar-refractivity contribution in [2.45, 2.75) is 6.92 Å². The van der Waals surface area contributed by atoms with Crippen molar-refractivity contribution in [2.24, 2.45) is 0 Å². The van der Waals surface area contributed by atoms with E-state index in [1.165, 1.54) is 0 Å². The molecule has 0 bridgehead atoms. The van der Waals surface area contributed by atoms with E-state index in [2.05, 4.69) is 10.6 Å². The molecule has 0 saturated heterocycles. The Morgan fingerprint density at radius 3 is 2.91 bits per heavy atom. The molecule has 5 nitrogen and oxygen atoms in total. The van der Waals surface area contributed by atoms with Crippen molar-refractivity contribution in [3.63, 3.8) is 0 Å². The molecule has 0 aliphatic rings. The van der Waals surface area contributed by atoms with Gasteiger partial charge >= 0.3 is 0 Å². The third kappa shape index (κ3) is 6.79. The summed E-state index contributed by atoms with van der Waals surface area (Å²) in [4.78, 5) is 20.4. The van der Waals surface area contributed by atoms with Crippen molar-refractivity contribution in [1.82, 2.24) is 10.6 Å². The van der Waals surface area contributed by atoms with E-state index in [4.69, 9.17) is 4.74 Å². The molecule has 0 aromatic heterocycles. The van der Waals surface area contributed by atoms with Gasteiger partial charge in [0.25, 0.3) is 0 Å². The summed E-state index contributed by atoms with van der Waals surface area (Å²) in [6, 6.07) is 0. The van der Waals surface area contributed by atoms with Gasteiger partial charge in [-0.05, 0) is 6.92 Å². The molecule has 0 heterocycles.